The van der Waals surface area contributed by atoms with Crippen molar-refractivity contribution in [2.24, 2.45) is 10.8 Å². The number of hydrazone groups is 1. The Labute approximate surface area is 226 Å². The molecule has 2 amide bonds. The smallest absolute Gasteiger partial charge is 0.330 e. The Bertz CT molecular complexity index is 1610. The summed E-state index contributed by atoms with van der Waals surface area (Å²) in [7, 11) is 0. The molecular weight excluding hydrogens is 490 g/mol. The van der Waals surface area contributed by atoms with E-state index in [0.717, 1.165) is 44.9 Å². The van der Waals surface area contributed by atoms with Crippen LogP contribution >= 0.6 is 11.3 Å². The maximum absolute atomic E-state index is 13.9. The number of para-hydroxylation sites is 2. The molecule has 0 spiro atoms. The molecule has 4 aromatic carbocycles. The van der Waals surface area contributed by atoms with E-state index in [0.29, 0.717) is 32.5 Å². The monoisotopic (exact) mass is 519 g/mol. The Kier molecular flexibility index (Phi) is 6.86. The molecule has 0 bridgehead atoms. The SMILES string of the molecule is NCCCN1N=C(CCc2nc3ccccc3s2)c2ccccc2N(Cc2ccc3ccccc3c2)C1=O. The van der Waals surface area contributed by atoms with E-state index in [-0.39, 0.29) is 6.03 Å². The summed E-state index contributed by atoms with van der Waals surface area (Å²) < 4.78 is 1.19. The highest BCUT2D eigenvalue weighted by Gasteiger charge is 2.29. The number of fused-ring (bicyclic) bond motifs is 3. The van der Waals surface area contributed by atoms with Crippen molar-refractivity contribution in [1.82, 2.24) is 9.99 Å². The van der Waals surface area contributed by atoms with Crippen LogP contribution in [0.5, 0.6) is 0 Å². The van der Waals surface area contributed by atoms with E-state index in [1.165, 1.54) is 10.1 Å². The van der Waals surface area contributed by atoms with E-state index in [1.807, 2.05) is 53.4 Å². The highest BCUT2D eigenvalue weighted by atomic mass is 32.1. The lowest BCUT2D eigenvalue weighted by Gasteiger charge is -2.26. The fourth-order valence-corrected chi connectivity index (χ4v) is 5.90. The van der Waals surface area contributed by atoms with Gasteiger partial charge in [-0.1, -0.05) is 66.7 Å². The van der Waals surface area contributed by atoms with E-state index >= 15 is 0 Å². The van der Waals surface area contributed by atoms with Gasteiger partial charge < -0.3 is 5.73 Å². The summed E-state index contributed by atoms with van der Waals surface area (Å²) in [5.41, 5.74) is 10.7. The third-order valence-corrected chi connectivity index (χ3v) is 7.94. The Morgan fingerprint density at radius 2 is 1.63 bits per heavy atom. The summed E-state index contributed by atoms with van der Waals surface area (Å²) in [5.74, 6) is 0. The zero-order chi connectivity index (χ0) is 25.9. The van der Waals surface area contributed by atoms with Crippen LogP contribution in [-0.4, -0.2) is 34.8 Å². The fourth-order valence-electron chi connectivity index (χ4n) is 4.93. The number of amides is 2. The molecule has 0 aliphatic carbocycles. The maximum Gasteiger partial charge on any atom is 0.345 e. The first-order valence-corrected chi connectivity index (χ1v) is 13.8. The number of thiazole rings is 1. The maximum atomic E-state index is 13.9. The van der Waals surface area contributed by atoms with E-state index in [4.69, 9.17) is 15.8 Å². The summed E-state index contributed by atoms with van der Waals surface area (Å²) in [6, 6.07) is 30.8. The molecule has 0 saturated carbocycles. The first-order chi connectivity index (χ1) is 18.7. The fraction of sp³-hybridized carbons (Fsp3) is 0.194. The van der Waals surface area contributed by atoms with Crippen molar-refractivity contribution >= 4 is 49.8 Å². The van der Waals surface area contributed by atoms with Crippen LogP contribution in [0.3, 0.4) is 0 Å². The number of rotatable bonds is 8. The van der Waals surface area contributed by atoms with Crippen molar-refractivity contribution in [2.45, 2.75) is 25.8 Å². The van der Waals surface area contributed by atoms with E-state index in [2.05, 4.69) is 42.5 Å². The number of benzene rings is 4. The number of nitrogens with zero attached hydrogens (tertiary/aromatic N) is 4. The quantitative estimate of drug-likeness (QED) is 0.252. The molecule has 5 aromatic rings. The van der Waals surface area contributed by atoms with Gasteiger partial charge in [-0.05, 0) is 60.0 Å². The number of anilines is 1. The lowest BCUT2D eigenvalue weighted by Crippen LogP contribution is -2.40. The molecule has 0 unspecified atom stereocenters. The van der Waals surface area contributed by atoms with Gasteiger partial charge in [-0.15, -0.1) is 11.3 Å². The number of carbonyl (C=O) groups is 1. The highest BCUT2D eigenvalue weighted by Crippen LogP contribution is 2.31. The number of hydrogen-bond acceptors (Lipinski definition) is 5. The van der Waals surface area contributed by atoms with Gasteiger partial charge in [0.15, 0.2) is 0 Å². The minimum atomic E-state index is -0.131. The molecule has 0 radical (unpaired) electrons. The van der Waals surface area contributed by atoms with Crippen molar-refractivity contribution in [1.29, 1.82) is 0 Å². The molecule has 38 heavy (non-hydrogen) atoms. The normalized spacial score (nSPS) is 13.6. The Morgan fingerprint density at radius 3 is 2.50 bits per heavy atom. The van der Waals surface area contributed by atoms with Crippen LogP contribution in [0.15, 0.2) is 96.1 Å². The Morgan fingerprint density at radius 1 is 0.842 bits per heavy atom. The second-order valence-electron chi connectivity index (χ2n) is 9.45. The molecule has 0 atom stereocenters. The molecule has 0 saturated heterocycles. The van der Waals surface area contributed by atoms with Gasteiger partial charge in [0.2, 0.25) is 0 Å². The molecule has 0 fully saturated rings. The molecule has 2 N–H and O–H groups in total. The Balaban J connectivity index is 1.34. The first-order valence-electron chi connectivity index (χ1n) is 13.0. The molecule has 7 heteroatoms. The van der Waals surface area contributed by atoms with Gasteiger partial charge in [0.25, 0.3) is 0 Å². The van der Waals surface area contributed by atoms with Crippen LogP contribution in [0.1, 0.15) is 29.0 Å². The second-order valence-corrected chi connectivity index (χ2v) is 10.6. The van der Waals surface area contributed by atoms with E-state index < -0.39 is 0 Å². The molecule has 6 rings (SSSR count). The minimum Gasteiger partial charge on any atom is -0.330 e. The highest BCUT2D eigenvalue weighted by molar-refractivity contribution is 7.18. The third kappa shape index (κ3) is 4.90. The predicted octanol–water partition coefficient (Wildman–Crippen LogP) is 6.58. The first kappa shape index (κ1) is 24.3. The molecule has 1 aromatic heterocycles. The standard InChI is InChI=1S/C31H29N5OS/c32-18-7-19-36-31(37)35(21-22-14-15-23-8-1-2-9-24(23)20-22)28-12-5-3-10-25(28)26(34-36)16-17-30-33-27-11-4-6-13-29(27)38-30/h1-6,8-15,20H,7,16-19,21,32H2. The van der Waals surface area contributed by atoms with Gasteiger partial charge in [0.1, 0.15) is 0 Å². The van der Waals surface area contributed by atoms with Crippen molar-refractivity contribution in [3.05, 3.63) is 107 Å². The third-order valence-electron chi connectivity index (χ3n) is 6.84. The van der Waals surface area contributed by atoms with Crippen molar-refractivity contribution < 1.29 is 4.79 Å². The predicted molar refractivity (Wildman–Crippen MR) is 157 cm³/mol. The van der Waals surface area contributed by atoms with Crippen LogP contribution in [0, 0.1) is 0 Å². The van der Waals surface area contributed by atoms with Crippen LogP contribution in [0.25, 0.3) is 21.0 Å². The lowest BCUT2D eigenvalue weighted by molar-refractivity contribution is 0.206. The summed E-state index contributed by atoms with van der Waals surface area (Å²) in [5, 5.41) is 9.94. The second kappa shape index (κ2) is 10.7. The number of hydrogen-bond donors (Lipinski definition) is 1. The van der Waals surface area contributed by atoms with Crippen molar-refractivity contribution in [2.75, 3.05) is 18.0 Å². The topological polar surface area (TPSA) is 74.8 Å². The molecule has 6 nitrogen and oxygen atoms in total. The zero-order valence-electron chi connectivity index (χ0n) is 21.1. The molecule has 2 heterocycles. The molecular formula is C31H29N5OS. The van der Waals surface area contributed by atoms with Crippen molar-refractivity contribution in [3.63, 3.8) is 0 Å². The number of aromatic nitrogens is 1. The van der Waals surface area contributed by atoms with Gasteiger partial charge in [0, 0.05) is 18.5 Å². The molecule has 1 aliphatic heterocycles. The average molecular weight is 520 g/mol. The summed E-state index contributed by atoms with van der Waals surface area (Å²) in [6.07, 6.45) is 2.13. The number of urea groups is 1. The van der Waals surface area contributed by atoms with E-state index in [1.54, 1.807) is 16.3 Å². The van der Waals surface area contributed by atoms with Crippen LogP contribution in [0.4, 0.5) is 10.5 Å². The van der Waals surface area contributed by atoms with Gasteiger partial charge in [-0.2, -0.15) is 5.10 Å². The van der Waals surface area contributed by atoms with E-state index in [9.17, 15) is 4.79 Å². The Hall–Kier alpha value is -4.07. The van der Waals surface area contributed by atoms with Gasteiger partial charge in [-0.3, -0.25) is 4.90 Å². The number of aryl methyl sites for hydroxylation is 1. The average Bonchev–Trinajstić information content (AvgIpc) is 3.34. The molecule has 190 valence electrons. The van der Waals surface area contributed by atoms with Crippen molar-refractivity contribution in [3.8, 4) is 0 Å². The van der Waals surface area contributed by atoms with Gasteiger partial charge in [-0.25, -0.2) is 14.8 Å². The summed E-state index contributed by atoms with van der Waals surface area (Å²) in [6.45, 7) is 1.43. The largest absolute Gasteiger partial charge is 0.345 e. The summed E-state index contributed by atoms with van der Waals surface area (Å²) in [4.78, 5) is 20.6. The lowest BCUT2D eigenvalue weighted by atomic mass is 10.0. The number of nitrogens with two attached hydrogens (primary N) is 1. The number of carbonyl (C=O) groups excluding carboxylic acids is 1. The van der Waals surface area contributed by atoms with Crippen LogP contribution in [-0.2, 0) is 13.0 Å². The zero-order valence-corrected chi connectivity index (χ0v) is 21.9. The minimum absolute atomic E-state index is 0.131. The molecule has 1 aliphatic rings. The van der Waals surface area contributed by atoms with Crippen LogP contribution in [0.2, 0.25) is 0 Å². The summed E-state index contributed by atoms with van der Waals surface area (Å²) >= 11 is 1.72. The van der Waals surface area contributed by atoms with Gasteiger partial charge >= 0.3 is 6.03 Å². The van der Waals surface area contributed by atoms with Gasteiger partial charge in [0.05, 0.1) is 33.2 Å². The van der Waals surface area contributed by atoms with Crippen LogP contribution < -0.4 is 10.6 Å².